The summed E-state index contributed by atoms with van der Waals surface area (Å²) in [5.41, 5.74) is 9.27. The standard InChI is InChI=1S/C14H24N2/c1-4-9-14(2,3)16-10-8-11-12(15)6-5-7-13(11)16/h8,10,12H,4-7,9,15H2,1-3H3. The Morgan fingerprint density at radius 1 is 1.50 bits per heavy atom. The maximum atomic E-state index is 6.16. The first-order chi connectivity index (χ1) is 7.56. The number of hydrogen-bond acceptors (Lipinski definition) is 1. The maximum absolute atomic E-state index is 6.16. The number of nitrogens with two attached hydrogens (primary N) is 1. The summed E-state index contributed by atoms with van der Waals surface area (Å²) in [6.07, 6.45) is 8.27. The topological polar surface area (TPSA) is 30.9 Å². The smallest absolute Gasteiger partial charge is 0.0386 e. The minimum atomic E-state index is 0.236. The van der Waals surface area contributed by atoms with Gasteiger partial charge >= 0.3 is 0 Å². The molecule has 2 N–H and O–H groups in total. The second-order valence-electron chi connectivity index (χ2n) is 5.65. The highest BCUT2D eigenvalue weighted by atomic mass is 15.1. The van der Waals surface area contributed by atoms with Crippen LogP contribution in [0.4, 0.5) is 0 Å². The molecule has 2 nitrogen and oxygen atoms in total. The lowest BCUT2D eigenvalue weighted by molar-refractivity contribution is 0.312. The van der Waals surface area contributed by atoms with Crippen molar-refractivity contribution >= 4 is 0 Å². The van der Waals surface area contributed by atoms with E-state index in [0.717, 1.165) is 6.42 Å². The normalized spacial score (nSPS) is 20.9. The monoisotopic (exact) mass is 220 g/mol. The number of fused-ring (bicyclic) bond motifs is 1. The van der Waals surface area contributed by atoms with Crippen molar-refractivity contribution in [1.29, 1.82) is 0 Å². The summed E-state index contributed by atoms with van der Waals surface area (Å²) < 4.78 is 2.46. The van der Waals surface area contributed by atoms with Gasteiger partial charge in [0.25, 0.3) is 0 Å². The van der Waals surface area contributed by atoms with Crippen molar-refractivity contribution in [2.24, 2.45) is 5.73 Å². The van der Waals surface area contributed by atoms with E-state index in [1.807, 2.05) is 0 Å². The predicted molar refractivity (Wildman–Crippen MR) is 68.5 cm³/mol. The van der Waals surface area contributed by atoms with E-state index in [1.54, 1.807) is 0 Å². The fourth-order valence-corrected chi connectivity index (χ4v) is 3.03. The average Bonchev–Trinajstić information content (AvgIpc) is 2.63. The fourth-order valence-electron chi connectivity index (χ4n) is 3.03. The van der Waals surface area contributed by atoms with Gasteiger partial charge in [0.05, 0.1) is 0 Å². The Bertz CT molecular complexity index is 363. The molecule has 1 atom stereocenters. The largest absolute Gasteiger partial charge is 0.346 e. The molecule has 0 bridgehead atoms. The van der Waals surface area contributed by atoms with Crippen LogP contribution in [0, 0.1) is 0 Å². The first kappa shape index (κ1) is 11.7. The van der Waals surface area contributed by atoms with E-state index in [4.69, 9.17) is 5.73 Å². The lowest BCUT2D eigenvalue weighted by Gasteiger charge is -2.31. The van der Waals surface area contributed by atoms with Crippen LogP contribution in [0.1, 0.15) is 63.8 Å². The molecule has 0 amide bonds. The Morgan fingerprint density at radius 2 is 2.25 bits per heavy atom. The quantitative estimate of drug-likeness (QED) is 0.832. The van der Waals surface area contributed by atoms with Gasteiger partial charge in [-0.25, -0.2) is 0 Å². The molecule has 0 saturated carbocycles. The Labute approximate surface area is 98.8 Å². The first-order valence-corrected chi connectivity index (χ1v) is 6.52. The third-order valence-corrected chi connectivity index (χ3v) is 3.87. The molecule has 16 heavy (non-hydrogen) atoms. The lowest BCUT2D eigenvalue weighted by Crippen LogP contribution is -2.29. The highest BCUT2D eigenvalue weighted by molar-refractivity contribution is 5.29. The molecular weight excluding hydrogens is 196 g/mol. The summed E-state index contributed by atoms with van der Waals surface area (Å²) in [7, 11) is 0. The number of hydrogen-bond donors (Lipinski definition) is 1. The molecule has 2 rings (SSSR count). The molecule has 1 unspecified atom stereocenters. The number of aromatic nitrogens is 1. The molecule has 1 heterocycles. The summed E-state index contributed by atoms with van der Waals surface area (Å²) in [5, 5.41) is 0. The van der Waals surface area contributed by atoms with Crippen LogP contribution in [0.25, 0.3) is 0 Å². The maximum Gasteiger partial charge on any atom is 0.0386 e. The fraction of sp³-hybridized carbons (Fsp3) is 0.714. The van der Waals surface area contributed by atoms with E-state index >= 15 is 0 Å². The summed E-state index contributed by atoms with van der Waals surface area (Å²) in [6.45, 7) is 6.91. The molecule has 1 aromatic rings. The highest BCUT2D eigenvalue weighted by Gasteiger charge is 2.26. The minimum absolute atomic E-state index is 0.236. The molecule has 0 fully saturated rings. The van der Waals surface area contributed by atoms with Gasteiger partial charge in [0.1, 0.15) is 0 Å². The Balaban J connectivity index is 2.36. The number of nitrogens with zero attached hydrogens (tertiary/aromatic N) is 1. The van der Waals surface area contributed by atoms with Crippen molar-refractivity contribution in [3.63, 3.8) is 0 Å². The second kappa shape index (κ2) is 4.25. The van der Waals surface area contributed by atoms with Crippen molar-refractivity contribution in [2.75, 3.05) is 0 Å². The average molecular weight is 220 g/mol. The van der Waals surface area contributed by atoms with Gasteiger partial charge in [-0.15, -0.1) is 0 Å². The molecule has 0 saturated heterocycles. The lowest BCUT2D eigenvalue weighted by atomic mass is 9.92. The minimum Gasteiger partial charge on any atom is -0.346 e. The molecule has 0 aliphatic heterocycles. The highest BCUT2D eigenvalue weighted by Crippen LogP contribution is 2.33. The summed E-state index contributed by atoms with van der Waals surface area (Å²) in [5.74, 6) is 0. The Morgan fingerprint density at radius 3 is 2.94 bits per heavy atom. The molecule has 0 radical (unpaired) electrons. The van der Waals surface area contributed by atoms with E-state index in [9.17, 15) is 0 Å². The van der Waals surface area contributed by atoms with Crippen LogP contribution >= 0.6 is 0 Å². The summed E-state index contributed by atoms with van der Waals surface area (Å²) in [4.78, 5) is 0. The van der Waals surface area contributed by atoms with Gasteiger partial charge in [0.15, 0.2) is 0 Å². The molecule has 1 aromatic heterocycles. The molecule has 0 spiro atoms. The van der Waals surface area contributed by atoms with E-state index in [-0.39, 0.29) is 11.6 Å². The van der Waals surface area contributed by atoms with Crippen molar-refractivity contribution in [3.8, 4) is 0 Å². The second-order valence-corrected chi connectivity index (χ2v) is 5.65. The van der Waals surface area contributed by atoms with Gasteiger partial charge < -0.3 is 10.3 Å². The molecule has 2 heteroatoms. The zero-order chi connectivity index (χ0) is 11.8. The van der Waals surface area contributed by atoms with Gasteiger partial charge in [-0.2, -0.15) is 0 Å². The molecule has 1 aliphatic carbocycles. The van der Waals surface area contributed by atoms with E-state index < -0.39 is 0 Å². The van der Waals surface area contributed by atoms with Crippen molar-refractivity contribution in [2.45, 2.75) is 64.5 Å². The van der Waals surface area contributed by atoms with Gasteiger partial charge in [0.2, 0.25) is 0 Å². The van der Waals surface area contributed by atoms with E-state index in [2.05, 4.69) is 37.6 Å². The van der Waals surface area contributed by atoms with E-state index in [1.165, 1.54) is 36.9 Å². The van der Waals surface area contributed by atoms with Gasteiger partial charge in [-0.1, -0.05) is 13.3 Å². The molecule has 1 aliphatic rings. The van der Waals surface area contributed by atoms with Crippen LogP contribution in [0.15, 0.2) is 12.3 Å². The van der Waals surface area contributed by atoms with Crippen LogP contribution in [-0.4, -0.2) is 4.57 Å². The van der Waals surface area contributed by atoms with Gasteiger partial charge in [-0.3, -0.25) is 0 Å². The SMILES string of the molecule is CCCC(C)(C)n1ccc2c1CCCC2N. The molecule has 0 aromatic carbocycles. The Kier molecular flexibility index (Phi) is 3.11. The number of rotatable bonds is 3. The molecular formula is C14H24N2. The van der Waals surface area contributed by atoms with Crippen LogP contribution in [0.3, 0.4) is 0 Å². The van der Waals surface area contributed by atoms with Crippen molar-refractivity contribution < 1.29 is 0 Å². The van der Waals surface area contributed by atoms with Crippen LogP contribution in [-0.2, 0) is 12.0 Å². The van der Waals surface area contributed by atoms with Crippen molar-refractivity contribution in [1.82, 2.24) is 4.57 Å². The zero-order valence-corrected chi connectivity index (χ0v) is 10.8. The van der Waals surface area contributed by atoms with Crippen LogP contribution in [0.2, 0.25) is 0 Å². The van der Waals surface area contributed by atoms with Gasteiger partial charge in [0, 0.05) is 23.5 Å². The van der Waals surface area contributed by atoms with Gasteiger partial charge in [-0.05, 0) is 51.2 Å². The Hall–Kier alpha value is -0.760. The third kappa shape index (κ3) is 1.91. The third-order valence-electron chi connectivity index (χ3n) is 3.87. The van der Waals surface area contributed by atoms with Crippen LogP contribution in [0.5, 0.6) is 0 Å². The molecule has 90 valence electrons. The van der Waals surface area contributed by atoms with Crippen LogP contribution < -0.4 is 5.73 Å². The van der Waals surface area contributed by atoms with Crippen molar-refractivity contribution in [3.05, 3.63) is 23.5 Å². The first-order valence-electron chi connectivity index (χ1n) is 6.52. The predicted octanol–water partition coefficient (Wildman–Crippen LogP) is 3.36. The zero-order valence-electron chi connectivity index (χ0n) is 10.8. The summed E-state index contributed by atoms with van der Waals surface area (Å²) >= 11 is 0. The summed E-state index contributed by atoms with van der Waals surface area (Å²) in [6, 6.07) is 2.50. The van der Waals surface area contributed by atoms with E-state index in [0.29, 0.717) is 0 Å².